The Morgan fingerprint density at radius 1 is 1.26 bits per heavy atom. The Balaban J connectivity index is 2.28. The Morgan fingerprint density at radius 2 is 1.95 bits per heavy atom. The zero-order valence-electron chi connectivity index (χ0n) is 11.0. The zero-order chi connectivity index (χ0) is 14.0. The summed E-state index contributed by atoms with van der Waals surface area (Å²) < 4.78 is 13.8. The van der Waals surface area contributed by atoms with Crippen LogP contribution in [0.25, 0.3) is 0 Å². The van der Waals surface area contributed by atoms with Crippen LogP contribution in [-0.4, -0.2) is 7.05 Å². The smallest absolute Gasteiger partial charge is 0.139 e. The highest BCUT2D eigenvalue weighted by molar-refractivity contribution is 9.10. The maximum Gasteiger partial charge on any atom is 0.139 e. The minimum absolute atomic E-state index is 0.342. The summed E-state index contributed by atoms with van der Waals surface area (Å²) in [5.74, 6) is -0.342. The van der Waals surface area contributed by atoms with Gasteiger partial charge in [0.25, 0.3) is 0 Å². The Bertz CT molecular complexity index is 599. The normalized spacial score (nSPS) is 10.5. The molecule has 0 aliphatic rings. The summed E-state index contributed by atoms with van der Waals surface area (Å²) in [5, 5.41) is 0. The fraction of sp³-hybridized carbons (Fsp3) is 0.200. The van der Waals surface area contributed by atoms with Gasteiger partial charge in [-0.3, -0.25) is 0 Å². The number of anilines is 2. The molecule has 2 N–H and O–H groups in total. The van der Waals surface area contributed by atoms with Crippen LogP contribution in [0.5, 0.6) is 0 Å². The number of hydrogen-bond acceptors (Lipinski definition) is 2. The topological polar surface area (TPSA) is 29.3 Å². The van der Waals surface area contributed by atoms with Crippen LogP contribution in [0.2, 0.25) is 0 Å². The molecule has 19 heavy (non-hydrogen) atoms. The van der Waals surface area contributed by atoms with E-state index < -0.39 is 0 Å². The predicted octanol–water partition coefficient (Wildman–Crippen LogP) is 4.12. The van der Waals surface area contributed by atoms with Gasteiger partial charge in [-0.1, -0.05) is 24.3 Å². The number of aryl methyl sites for hydroxylation is 1. The summed E-state index contributed by atoms with van der Waals surface area (Å²) in [4.78, 5) is 2.02. The van der Waals surface area contributed by atoms with Gasteiger partial charge in [-0.15, -0.1) is 0 Å². The van der Waals surface area contributed by atoms with Gasteiger partial charge in [0.1, 0.15) is 5.82 Å². The van der Waals surface area contributed by atoms with Crippen molar-refractivity contribution >= 4 is 27.3 Å². The van der Waals surface area contributed by atoms with Crippen molar-refractivity contribution in [2.24, 2.45) is 0 Å². The molecular formula is C15H16BrFN2. The second-order valence-corrected chi connectivity index (χ2v) is 5.46. The van der Waals surface area contributed by atoms with Gasteiger partial charge in [-0.2, -0.15) is 0 Å². The summed E-state index contributed by atoms with van der Waals surface area (Å²) in [6.07, 6.45) is 0. The van der Waals surface area contributed by atoms with Gasteiger partial charge in [0.05, 0.1) is 15.8 Å². The summed E-state index contributed by atoms with van der Waals surface area (Å²) in [7, 11) is 1.95. The number of benzene rings is 2. The van der Waals surface area contributed by atoms with E-state index in [0.717, 1.165) is 12.2 Å². The maximum absolute atomic E-state index is 13.4. The standard InChI is InChI=1S/C15H16BrFN2/c1-10-5-3-4-6-11(10)9-19(2)15-7-12(16)13(17)8-14(15)18/h3-8H,9,18H2,1-2H3. The lowest BCUT2D eigenvalue weighted by Crippen LogP contribution is -2.18. The number of hydrogen-bond donors (Lipinski definition) is 1. The quantitative estimate of drug-likeness (QED) is 0.861. The fourth-order valence-corrected chi connectivity index (χ4v) is 2.34. The largest absolute Gasteiger partial charge is 0.397 e. The van der Waals surface area contributed by atoms with Crippen molar-refractivity contribution in [1.29, 1.82) is 0 Å². The van der Waals surface area contributed by atoms with Crippen molar-refractivity contribution in [2.45, 2.75) is 13.5 Å². The van der Waals surface area contributed by atoms with E-state index in [4.69, 9.17) is 5.73 Å². The molecule has 2 aromatic rings. The van der Waals surface area contributed by atoms with Crippen LogP contribution >= 0.6 is 15.9 Å². The first-order valence-electron chi connectivity index (χ1n) is 5.99. The van der Waals surface area contributed by atoms with Gasteiger partial charge in [-0.25, -0.2) is 4.39 Å². The Labute approximate surface area is 121 Å². The highest BCUT2D eigenvalue weighted by Crippen LogP contribution is 2.30. The zero-order valence-corrected chi connectivity index (χ0v) is 12.5. The van der Waals surface area contributed by atoms with Gasteiger partial charge in [0.15, 0.2) is 0 Å². The van der Waals surface area contributed by atoms with Gasteiger partial charge in [0, 0.05) is 19.7 Å². The van der Waals surface area contributed by atoms with Crippen LogP contribution in [0, 0.1) is 12.7 Å². The molecule has 0 spiro atoms. The third-order valence-electron chi connectivity index (χ3n) is 3.15. The Kier molecular flexibility index (Phi) is 4.10. The average Bonchev–Trinajstić information content (AvgIpc) is 2.36. The molecule has 0 aliphatic carbocycles. The van der Waals surface area contributed by atoms with Gasteiger partial charge in [-0.05, 0) is 40.0 Å². The first-order valence-corrected chi connectivity index (χ1v) is 6.78. The number of nitrogens with two attached hydrogens (primary N) is 1. The molecular weight excluding hydrogens is 307 g/mol. The van der Waals surface area contributed by atoms with E-state index in [-0.39, 0.29) is 5.82 Å². The molecule has 0 unspecified atom stereocenters. The molecule has 0 aliphatic heterocycles. The lowest BCUT2D eigenvalue weighted by molar-refractivity contribution is 0.621. The van der Waals surface area contributed by atoms with Crippen molar-refractivity contribution in [2.75, 3.05) is 17.7 Å². The fourth-order valence-electron chi connectivity index (χ4n) is 2.01. The molecule has 0 aromatic heterocycles. The number of rotatable bonds is 3. The first-order chi connectivity index (χ1) is 8.99. The van der Waals surface area contributed by atoms with E-state index in [1.54, 1.807) is 6.07 Å². The second-order valence-electron chi connectivity index (χ2n) is 4.61. The summed E-state index contributed by atoms with van der Waals surface area (Å²) >= 11 is 3.19. The summed E-state index contributed by atoms with van der Waals surface area (Å²) in [6.45, 7) is 2.81. The van der Waals surface area contributed by atoms with Gasteiger partial charge in [0.2, 0.25) is 0 Å². The third kappa shape index (κ3) is 3.07. The molecule has 0 atom stereocenters. The molecule has 0 fully saturated rings. The molecule has 0 saturated carbocycles. The van der Waals surface area contributed by atoms with Crippen molar-refractivity contribution in [3.63, 3.8) is 0 Å². The van der Waals surface area contributed by atoms with Crippen LogP contribution in [0.4, 0.5) is 15.8 Å². The highest BCUT2D eigenvalue weighted by atomic mass is 79.9. The minimum atomic E-state index is -0.342. The summed E-state index contributed by atoms with van der Waals surface area (Å²) in [6, 6.07) is 11.2. The SMILES string of the molecule is Cc1ccccc1CN(C)c1cc(Br)c(F)cc1N. The monoisotopic (exact) mass is 322 g/mol. The second kappa shape index (κ2) is 5.61. The lowest BCUT2D eigenvalue weighted by Gasteiger charge is -2.22. The van der Waals surface area contributed by atoms with Crippen LogP contribution < -0.4 is 10.6 Å². The van der Waals surface area contributed by atoms with Gasteiger partial charge >= 0.3 is 0 Å². The van der Waals surface area contributed by atoms with Crippen LogP contribution in [0.15, 0.2) is 40.9 Å². The van der Waals surface area contributed by atoms with E-state index >= 15 is 0 Å². The minimum Gasteiger partial charge on any atom is -0.397 e. The third-order valence-corrected chi connectivity index (χ3v) is 3.76. The summed E-state index contributed by atoms with van der Waals surface area (Å²) in [5.41, 5.74) is 9.60. The van der Waals surface area contributed by atoms with Gasteiger partial charge < -0.3 is 10.6 Å². The van der Waals surface area contributed by atoms with Crippen molar-refractivity contribution in [3.05, 3.63) is 57.8 Å². The highest BCUT2D eigenvalue weighted by Gasteiger charge is 2.11. The molecule has 2 aromatic carbocycles. The van der Waals surface area contributed by atoms with E-state index in [1.165, 1.54) is 17.2 Å². The molecule has 0 heterocycles. The van der Waals surface area contributed by atoms with Crippen molar-refractivity contribution in [3.8, 4) is 0 Å². The molecule has 2 rings (SSSR count). The number of nitrogens with zero attached hydrogens (tertiary/aromatic N) is 1. The van der Waals surface area contributed by atoms with E-state index in [1.807, 2.05) is 24.1 Å². The van der Waals surface area contributed by atoms with E-state index in [0.29, 0.717) is 10.2 Å². The number of nitrogen functional groups attached to an aromatic ring is 1. The van der Waals surface area contributed by atoms with Crippen LogP contribution in [0.1, 0.15) is 11.1 Å². The first kappa shape index (κ1) is 13.9. The average molecular weight is 323 g/mol. The predicted molar refractivity (Wildman–Crippen MR) is 81.8 cm³/mol. The maximum atomic E-state index is 13.4. The van der Waals surface area contributed by atoms with E-state index in [2.05, 4.69) is 35.0 Å². The van der Waals surface area contributed by atoms with Crippen LogP contribution in [-0.2, 0) is 6.54 Å². The molecule has 100 valence electrons. The molecule has 0 bridgehead atoms. The van der Waals surface area contributed by atoms with Crippen LogP contribution in [0.3, 0.4) is 0 Å². The van der Waals surface area contributed by atoms with Crippen molar-refractivity contribution < 1.29 is 4.39 Å². The van der Waals surface area contributed by atoms with E-state index in [9.17, 15) is 4.39 Å². The number of halogens is 2. The molecule has 0 radical (unpaired) electrons. The Morgan fingerprint density at radius 3 is 2.63 bits per heavy atom. The lowest BCUT2D eigenvalue weighted by atomic mass is 10.1. The molecule has 4 heteroatoms. The molecule has 2 nitrogen and oxygen atoms in total. The van der Waals surface area contributed by atoms with Crippen molar-refractivity contribution in [1.82, 2.24) is 0 Å². The molecule has 0 amide bonds. The molecule has 0 saturated heterocycles. The Hall–Kier alpha value is -1.55.